The fourth-order valence-electron chi connectivity index (χ4n) is 1.95. The number of carboxylic acids is 1. The third-order valence-corrected chi connectivity index (χ3v) is 5.10. The van der Waals surface area contributed by atoms with Crippen LogP contribution in [0.2, 0.25) is 5.02 Å². The molecule has 0 saturated carbocycles. The Morgan fingerprint density at radius 3 is 2.43 bits per heavy atom. The quantitative estimate of drug-likeness (QED) is 0.730. The number of hydrogen-bond acceptors (Lipinski definition) is 3. The van der Waals surface area contributed by atoms with Gasteiger partial charge < -0.3 is 5.11 Å². The molecule has 0 aromatic heterocycles. The summed E-state index contributed by atoms with van der Waals surface area (Å²) >= 11 is 5.68. The summed E-state index contributed by atoms with van der Waals surface area (Å²) in [6.45, 7) is 2.05. The van der Waals surface area contributed by atoms with Gasteiger partial charge in [-0.2, -0.15) is 0 Å². The van der Waals surface area contributed by atoms with Gasteiger partial charge in [-0.25, -0.2) is 17.6 Å². The van der Waals surface area contributed by atoms with Crippen LogP contribution < -0.4 is 0 Å². The van der Waals surface area contributed by atoms with Crippen LogP contribution in [-0.4, -0.2) is 25.2 Å². The third kappa shape index (κ3) is 4.97. The summed E-state index contributed by atoms with van der Waals surface area (Å²) in [7, 11) is -3.88. The predicted molar refractivity (Wildman–Crippen MR) is 79.2 cm³/mol. The maximum atomic E-state index is 14.0. The number of unbranched alkanes of at least 4 members (excludes halogenated alkanes) is 4. The van der Waals surface area contributed by atoms with E-state index in [9.17, 15) is 17.6 Å². The summed E-state index contributed by atoms with van der Waals surface area (Å²) in [5, 5.41) is 8.75. The smallest absolute Gasteiger partial charge is 0.338 e. The number of halogens is 2. The van der Waals surface area contributed by atoms with E-state index in [-0.39, 0.29) is 10.8 Å². The van der Waals surface area contributed by atoms with Gasteiger partial charge in [0.1, 0.15) is 4.90 Å². The average molecular weight is 337 g/mol. The number of rotatable bonds is 8. The molecular formula is C14H18ClFO4S. The van der Waals surface area contributed by atoms with Crippen molar-refractivity contribution < 1.29 is 22.7 Å². The second-order valence-corrected chi connectivity index (χ2v) is 7.32. The first kappa shape index (κ1) is 17.9. The van der Waals surface area contributed by atoms with Crippen molar-refractivity contribution >= 4 is 27.4 Å². The Hall–Kier alpha value is -1.14. The molecule has 7 heteroatoms. The minimum absolute atomic E-state index is 0.113. The second-order valence-electron chi connectivity index (χ2n) is 4.80. The van der Waals surface area contributed by atoms with Gasteiger partial charge in [0.25, 0.3) is 0 Å². The second kappa shape index (κ2) is 7.75. The van der Waals surface area contributed by atoms with Gasteiger partial charge in [0.15, 0.2) is 15.7 Å². The van der Waals surface area contributed by atoms with E-state index < -0.39 is 32.1 Å². The number of carbonyl (C=O) groups is 1. The third-order valence-electron chi connectivity index (χ3n) is 3.09. The van der Waals surface area contributed by atoms with Crippen molar-refractivity contribution in [3.63, 3.8) is 0 Å². The number of hydrogen-bond donors (Lipinski definition) is 1. The topological polar surface area (TPSA) is 71.4 Å². The zero-order valence-corrected chi connectivity index (χ0v) is 13.3. The molecule has 118 valence electrons. The molecule has 4 nitrogen and oxygen atoms in total. The molecule has 0 heterocycles. The lowest BCUT2D eigenvalue weighted by Crippen LogP contribution is -2.12. The zero-order chi connectivity index (χ0) is 16.0. The molecule has 0 aliphatic heterocycles. The summed E-state index contributed by atoms with van der Waals surface area (Å²) in [4.78, 5) is 10.3. The molecule has 0 aliphatic carbocycles. The van der Waals surface area contributed by atoms with E-state index in [0.717, 1.165) is 37.8 Å². The predicted octanol–water partition coefficient (Wildman–Crippen LogP) is 3.92. The molecule has 0 amide bonds. The SMILES string of the molecule is CCCCCCCS(=O)(=O)c1cc(Cl)cc(C(=O)O)c1F. The monoisotopic (exact) mass is 336 g/mol. The van der Waals surface area contributed by atoms with Crippen molar-refractivity contribution in [2.24, 2.45) is 0 Å². The van der Waals surface area contributed by atoms with Crippen LogP contribution in [0.3, 0.4) is 0 Å². The van der Waals surface area contributed by atoms with Crippen molar-refractivity contribution in [2.75, 3.05) is 5.75 Å². The Morgan fingerprint density at radius 2 is 1.86 bits per heavy atom. The number of sulfone groups is 1. The fourth-order valence-corrected chi connectivity index (χ4v) is 3.73. The van der Waals surface area contributed by atoms with Crippen LogP contribution in [0.15, 0.2) is 17.0 Å². The molecule has 0 unspecified atom stereocenters. The van der Waals surface area contributed by atoms with Gasteiger partial charge in [-0.1, -0.05) is 44.2 Å². The summed E-state index contributed by atoms with van der Waals surface area (Å²) in [6.07, 6.45) is 4.13. The van der Waals surface area contributed by atoms with Gasteiger partial charge in [-0.15, -0.1) is 0 Å². The molecule has 0 spiro atoms. The first-order chi connectivity index (χ1) is 9.79. The van der Waals surface area contributed by atoms with Crippen molar-refractivity contribution in [1.82, 2.24) is 0 Å². The van der Waals surface area contributed by atoms with Gasteiger partial charge in [-0.05, 0) is 18.6 Å². The molecule has 0 aliphatic rings. The highest BCUT2D eigenvalue weighted by molar-refractivity contribution is 7.91. The van der Waals surface area contributed by atoms with E-state index in [1.54, 1.807) is 0 Å². The lowest BCUT2D eigenvalue weighted by molar-refractivity contribution is 0.0691. The summed E-state index contributed by atoms with van der Waals surface area (Å²) in [5.74, 6) is -3.01. The van der Waals surface area contributed by atoms with Gasteiger partial charge in [0.05, 0.1) is 11.3 Å². The van der Waals surface area contributed by atoms with Crippen LogP contribution in [0.5, 0.6) is 0 Å². The Bertz CT molecular complexity index is 614. The maximum Gasteiger partial charge on any atom is 0.338 e. The molecule has 1 N–H and O–H groups in total. The van der Waals surface area contributed by atoms with Gasteiger partial charge in [0.2, 0.25) is 0 Å². The Kier molecular flexibility index (Phi) is 6.61. The minimum atomic E-state index is -3.88. The van der Waals surface area contributed by atoms with E-state index >= 15 is 0 Å². The largest absolute Gasteiger partial charge is 0.478 e. The fraction of sp³-hybridized carbons (Fsp3) is 0.500. The molecule has 1 rings (SSSR count). The number of benzene rings is 1. The lowest BCUT2D eigenvalue weighted by atomic mass is 10.2. The van der Waals surface area contributed by atoms with E-state index in [1.807, 2.05) is 6.92 Å². The van der Waals surface area contributed by atoms with E-state index in [0.29, 0.717) is 6.42 Å². The van der Waals surface area contributed by atoms with E-state index in [2.05, 4.69) is 0 Å². The highest BCUT2D eigenvalue weighted by Gasteiger charge is 2.24. The number of aromatic carboxylic acids is 1. The van der Waals surface area contributed by atoms with Gasteiger partial charge >= 0.3 is 5.97 Å². The minimum Gasteiger partial charge on any atom is -0.478 e. The molecule has 1 aromatic rings. The molecule has 0 bridgehead atoms. The first-order valence-corrected chi connectivity index (χ1v) is 8.77. The van der Waals surface area contributed by atoms with Crippen LogP contribution in [0, 0.1) is 5.82 Å². The highest BCUT2D eigenvalue weighted by Crippen LogP contribution is 2.25. The Morgan fingerprint density at radius 1 is 1.24 bits per heavy atom. The van der Waals surface area contributed by atoms with Crippen LogP contribution in [-0.2, 0) is 9.84 Å². The molecular weight excluding hydrogens is 319 g/mol. The standard InChI is InChI=1S/C14H18ClFO4S/c1-2-3-4-5-6-7-21(19,20)12-9-10(15)8-11(13(12)16)14(17)18/h8-9H,2-7H2,1H3,(H,17,18). The van der Waals surface area contributed by atoms with E-state index in [1.165, 1.54) is 0 Å². The number of carboxylic acid groups (broad SMARTS) is 1. The zero-order valence-electron chi connectivity index (χ0n) is 11.7. The van der Waals surface area contributed by atoms with Crippen LogP contribution in [0.1, 0.15) is 49.4 Å². The Balaban J connectivity index is 2.95. The molecule has 0 atom stereocenters. The molecule has 0 radical (unpaired) electrons. The van der Waals surface area contributed by atoms with Crippen LogP contribution >= 0.6 is 11.6 Å². The van der Waals surface area contributed by atoms with Gasteiger partial charge in [-0.3, -0.25) is 0 Å². The van der Waals surface area contributed by atoms with Crippen molar-refractivity contribution in [1.29, 1.82) is 0 Å². The summed E-state index contributed by atoms with van der Waals surface area (Å²) < 4.78 is 38.3. The summed E-state index contributed by atoms with van der Waals surface area (Å²) in [5.41, 5.74) is -0.730. The maximum absolute atomic E-state index is 14.0. The highest BCUT2D eigenvalue weighted by atomic mass is 35.5. The molecule has 21 heavy (non-hydrogen) atoms. The molecule has 0 fully saturated rings. The van der Waals surface area contributed by atoms with Crippen molar-refractivity contribution in [3.05, 3.63) is 28.5 Å². The lowest BCUT2D eigenvalue weighted by Gasteiger charge is -2.08. The average Bonchev–Trinajstić information content (AvgIpc) is 2.40. The normalized spacial score (nSPS) is 11.6. The Labute approximate surface area is 128 Å². The summed E-state index contributed by atoms with van der Waals surface area (Å²) in [6, 6.07) is 1.87. The van der Waals surface area contributed by atoms with Crippen LogP contribution in [0.25, 0.3) is 0 Å². The first-order valence-electron chi connectivity index (χ1n) is 6.74. The van der Waals surface area contributed by atoms with Crippen molar-refractivity contribution in [3.8, 4) is 0 Å². The van der Waals surface area contributed by atoms with Gasteiger partial charge in [0, 0.05) is 5.02 Å². The van der Waals surface area contributed by atoms with E-state index in [4.69, 9.17) is 16.7 Å². The molecule has 0 saturated heterocycles. The molecule has 1 aromatic carbocycles. The van der Waals surface area contributed by atoms with Crippen molar-refractivity contribution in [2.45, 2.75) is 43.9 Å². The van der Waals surface area contributed by atoms with Crippen LogP contribution in [0.4, 0.5) is 4.39 Å².